The summed E-state index contributed by atoms with van der Waals surface area (Å²) in [4.78, 5) is 18.6. The number of hydrogen-bond donors (Lipinski definition) is 2. The Bertz CT molecular complexity index is 481. The number of likely N-dealkylation sites (tertiary alicyclic amines) is 1. The number of nitrogens with one attached hydrogen (secondary N) is 1. The summed E-state index contributed by atoms with van der Waals surface area (Å²) in [6.07, 6.45) is 1.78. The second-order valence-electron chi connectivity index (χ2n) is 4.84. The number of rotatable bonds is 3. The Morgan fingerprint density at radius 3 is 3.05 bits per heavy atom. The van der Waals surface area contributed by atoms with E-state index < -0.39 is 0 Å². The molecule has 0 saturated carbocycles. The normalized spacial score (nSPS) is 23.5. The number of anilines is 1. The van der Waals surface area contributed by atoms with Crippen molar-refractivity contribution in [3.05, 3.63) is 16.7 Å². The fourth-order valence-corrected chi connectivity index (χ4v) is 2.95. The predicted molar refractivity (Wildman–Crippen MR) is 77.0 cm³/mol. The molecule has 1 saturated heterocycles. The molecular formula is C13H18BrN3O2. The lowest BCUT2D eigenvalue weighted by molar-refractivity contribution is -0.120. The van der Waals surface area contributed by atoms with Gasteiger partial charge in [-0.2, -0.15) is 0 Å². The zero-order valence-electron chi connectivity index (χ0n) is 11.1. The highest BCUT2D eigenvalue weighted by atomic mass is 79.9. The van der Waals surface area contributed by atoms with Crippen LogP contribution in [0.2, 0.25) is 0 Å². The number of carbonyl (C=O) groups excluding carboxylic acids is 1. The van der Waals surface area contributed by atoms with E-state index >= 15 is 0 Å². The second kappa shape index (κ2) is 5.88. The molecule has 0 bridgehead atoms. The Labute approximate surface area is 121 Å². The van der Waals surface area contributed by atoms with E-state index in [1.807, 2.05) is 7.05 Å². The van der Waals surface area contributed by atoms with Crippen LogP contribution in [-0.2, 0) is 4.79 Å². The summed E-state index contributed by atoms with van der Waals surface area (Å²) < 4.78 is 0.580. The first kappa shape index (κ1) is 14.3. The lowest BCUT2D eigenvalue weighted by atomic mass is 9.97. The minimum absolute atomic E-state index is 0.0176. The summed E-state index contributed by atoms with van der Waals surface area (Å²) in [5.74, 6) is 0.0759. The van der Waals surface area contributed by atoms with Gasteiger partial charge in [0.1, 0.15) is 4.60 Å². The summed E-state index contributed by atoms with van der Waals surface area (Å²) in [6.45, 7) is 3.01. The first-order valence-electron chi connectivity index (χ1n) is 6.39. The summed E-state index contributed by atoms with van der Waals surface area (Å²) in [5.41, 5.74) is 0. The first-order valence-corrected chi connectivity index (χ1v) is 7.18. The maximum atomic E-state index is 12.3. The average molecular weight is 328 g/mol. The molecule has 1 amide bonds. The third-order valence-corrected chi connectivity index (χ3v) is 4.10. The largest absolute Gasteiger partial charge is 0.504 e. The maximum absolute atomic E-state index is 12.3. The molecule has 1 aromatic rings. The highest BCUT2D eigenvalue weighted by Crippen LogP contribution is 2.28. The molecule has 1 aromatic heterocycles. The van der Waals surface area contributed by atoms with E-state index in [1.54, 1.807) is 6.07 Å². The molecule has 2 N–H and O–H groups in total. The summed E-state index contributed by atoms with van der Waals surface area (Å²) in [6, 6.07) is 3.39. The van der Waals surface area contributed by atoms with Crippen molar-refractivity contribution in [2.75, 3.05) is 18.9 Å². The molecule has 1 aliphatic rings. The van der Waals surface area contributed by atoms with Crippen LogP contribution in [0.5, 0.6) is 5.75 Å². The van der Waals surface area contributed by atoms with Crippen molar-refractivity contribution in [3.63, 3.8) is 0 Å². The molecule has 1 aliphatic heterocycles. The molecule has 19 heavy (non-hydrogen) atoms. The molecule has 104 valence electrons. The lowest BCUT2D eigenvalue weighted by Gasteiger charge is -2.22. The number of aromatic hydroxyl groups is 1. The number of carbonyl (C=O) groups is 1. The Morgan fingerprint density at radius 2 is 2.37 bits per heavy atom. The topological polar surface area (TPSA) is 65.5 Å². The Morgan fingerprint density at radius 1 is 1.63 bits per heavy atom. The monoisotopic (exact) mass is 327 g/mol. The molecule has 0 spiro atoms. The third-order valence-electron chi connectivity index (χ3n) is 3.66. The standard InChI is InChI=1S/C13H18BrN3O2/c1-3-9-8(6-7-17(9)2)13(19)16-12-10(18)4-5-11(14)15-12/h4-5,8-9,18H,3,6-7H2,1-2H3,(H,15,16,19)/t8-,9+/m0/s1. The van der Waals surface area contributed by atoms with E-state index in [0.29, 0.717) is 4.60 Å². The van der Waals surface area contributed by atoms with Gasteiger partial charge in [-0.05, 0) is 54.5 Å². The van der Waals surface area contributed by atoms with Crippen molar-refractivity contribution < 1.29 is 9.90 Å². The SMILES string of the molecule is CC[C@@H]1[C@@H](C(=O)Nc2nc(Br)ccc2O)CCN1C. The van der Waals surface area contributed by atoms with E-state index in [0.717, 1.165) is 19.4 Å². The number of hydrogen-bond acceptors (Lipinski definition) is 4. The molecule has 2 heterocycles. The van der Waals surface area contributed by atoms with Gasteiger partial charge >= 0.3 is 0 Å². The van der Waals surface area contributed by atoms with Crippen LogP contribution in [0.25, 0.3) is 0 Å². The number of halogens is 1. The van der Waals surface area contributed by atoms with Crippen molar-refractivity contribution >= 4 is 27.7 Å². The number of pyridine rings is 1. The number of aromatic nitrogens is 1. The van der Waals surface area contributed by atoms with Gasteiger partial charge in [0.25, 0.3) is 0 Å². The van der Waals surface area contributed by atoms with E-state index in [-0.39, 0.29) is 29.4 Å². The maximum Gasteiger partial charge on any atom is 0.230 e. The molecule has 2 rings (SSSR count). The van der Waals surface area contributed by atoms with Crippen LogP contribution in [0.3, 0.4) is 0 Å². The average Bonchev–Trinajstić information content (AvgIpc) is 2.75. The first-order chi connectivity index (χ1) is 9.02. The van der Waals surface area contributed by atoms with Crippen LogP contribution < -0.4 is 5.32 Å². The molecule has 0 aromatic carbocycles. The van der Waals surface area contributed by atoms with Gasteiger partial charge in [-0.3, -0.25) is 4.79 Å². The van der Waals surface area contributed by atoms with Crippen LogP contribution in [0.15, 0.2) is 16.7 Å². The highest BCUT2D eigenvalue weighted by molar-refractivity contribution is 9.10. The van der Waals surface area contributed by atoms with Crippen LogP contribution in [0.1, 0.15) is 19.8 Å². The quantitative estimate of drug-likeness (QED) is 0.835. The molecule has 0 unspecified atom stereocenters. The van der Waals surface area contributed by atoms with Crippen LogP contribution in [0.4, 0.5) is 5.82 Å². The minimum Gasteiger partial charge on any atom is -0.504 e. The Balaban J connectivity index is 2.11. The van der Waals surface area contributed by atoms with Gasteiger partial charge in [0.05, 0.1) is 5.92 Å². The van der Waals surface area contributed by atoms with Gasteiger partial charge in [-0.1, -0.05) is 6.92 Å². The van der Waals surface area contributed by atoms with Crippen molar-refractivity contribution in [2.45, 2.75) is 25.8 Å². The van der Waals surface area contributed by atoms with Crippen LogP contribution >= 0.6 is 15.9 Å². The zero-order chi connectivity index (χ0) is 14.0. The molecule has 0 radical (unpaired) electrons. The minimum atomic E-state index is -0.0721. The Hall–Kier alpha value is -1.14. The summed E-state index contributed by atoms with van der Waals surface area (Å²) in [5, 5.41) is 12.4. The summed E-state index contributed by atoms with van der Waals surface area (Å²) in [7, 11) is 2.04. The zero-order valence-corrected chi connectivity index (χ0v) is 12.6. The van der Waals surface area contributed by atoms with Gasteiger partial charge in [0.15, 0.2) is 11.6 Å². The van der Waals surface area contributed by atoms with Crippen molar-refractivity contribution in [1.29, 1.82) is 0 Å². The molecule has 5 nitrogen and oxygen atoms in total. The van der Waals surface area contributed by atoms with Crippen molar-refractivity contribution in [3.8, 4) is 5.75 Å². The number of nitrogens with zero attached hydrogens (tertiary/aromatic N) is 2. The lowest BCUT2D eigenvalue weighted by Crippen LogP contribution is -2.35. The van der Waals surface area contributed by atoms with Gasteiger partial charge in [-0.15, -0.1) is 0 Å². The second-order valence-corrected chi connectivity index (χ2v) is 5.65. The van der Waals surface area contributed by atoms with Crippen LogP contribution in [0, 0.1) is 5.92 Å². The van der Waals surface area contributed by atoms with E-state index in [4.69, 9.17) is 0 Å². The third kappa shape index (κ3) is 3.06. The Kier molecular flexibility index (Phi) is 4.42. The molecule has 2 atom stereocenters. The predicted octanol–water partition coefficient (Wildman–Crippen LogP) is 2.22. The van der Waals surface area contributed by atoms with Crippen molar-refractivity contribution in [1.82, 2.24) is 9.88 Å². The fourth-order valence-electron chi connectivity index (χ4n) is 2.64. The van der Waals surface area contributed by atoms with Gasteiger partial charge in [0.2, 0.25) is 5.91 Å². The molecule has 1 fully saturated rings. The molecule has 6 heteroatoms. The highest BCUT2D eigenvalue weighted by Gasteiger charge is 2.35. The van der Waals surface area contributed by atoms with Gasteiger partial charge < -0.3 is 15.3 Å². The number of amides is 1. The fraction of sp³-hybridized carbons (Fsp3) is 0.538. The van der Waals surface area contributed by atoms with Gasteiger partial charge in [0, 0.05) is 6.04 Å². The van der Waals surface area contributed by atoms with Crippen LogP contribution in [-0.4, -0.2) is 40.5 Å². The summed E-state index contributed by atoms with van der Waals surface area (Å²) >= 11 is 3.22. The van der Waals surface area contributed by atoms with Crippen molar-refractivity contribution in [2.24, 2.45) is 5.92 Å². The van der Waals surface area contributed by atoms with E-state index in [1.165, 1.54) is 6.07 Å². The van der Waals surface area contributed by atoms with E-state index in [2.05, 4.69) is 38.1 Å². The molecular weight excluding hydrogens is 310 g/mol. The van der Waals surface area contributed by atoms with E-state index in [9.17, 15) is 9.90 Å². The smallest absolute Gasteiger partial charge is 0.230 e. The van der Waals surface area contributed by atoms with Gasteiger partial charge in [-0.25, -0.2) is 4.98 Å². The molecule has 0 aliphatic carbocycles.